The van der Waals surface area contributed by atoms with Gasteiger partial charge in [0.15, 0.2) is 5.69 Å². The van der Waals surface area contributed by atoms with Crippen LogP contribution in [0.2, 0.25) is 0 Å². The summed E-state index contributed by atoms with van der Waals surface area (Å²) in [5.74, 6) is 0. The molecule has 1 fully saturated rings. The quantitative estimate of drug-likeness (QED) is 0.586. The van der Waals surface area contributed by atoms with Gasteiger partial charge in [-0.3, -0.25) is 0 Å². The van der Waals surface area contributed by atoms with Crippen LogP contribution in [0.15, 0.2) is 22.6 Å². The van der Waals surface area contributed by atoms with E-state index in [4.69, 9.17) is 15.7 Å². The van der Waals surface area contributed by atoms with Gasteiger partial charge in [-0.15, -0.1) is 0 Å². The molecule has 1 spiro atoms. The van der Waals surface area contributed by atoms with Crippen molar-refractivity contribution in [1.29, 1.82) is 0 Å². The molecule has 1 aliphatic carbocycles. The van der Waals surface area contributed by atoms with Gasteiger partial charge in [-0.25, -0.2) is 13.8 Å². The minimum atomic E-state index is -1.38. The summed E-state index contributed by atoms with van der Waals surface area (Å²) in [5.41, 5.74) is 2.76. The first-order valence-electron chi connectivity index (χ1n) is 10.3. The number of carbonyl (C=O) groups excluding carboxylic acids is 1. The van der Waals surface area contributed by atoms with Crippen molar-refractivity contribution in [3.05, 3.63) is 40.7 Å². The van der Waals surface area contributed by atoms with E-state index in [-0.39, 0.29) is 11.5 Å². The normalized spacial score (nSPS) is 20.7. The summed E-state index contributed by atoms with van der Waals surface area (Å²) in [5, 5.41) is 0. The molecule has 0 aromatic heterocycles. The molecule has 1 aromatic rings. The fraction of sp³-hybridized carbons (Fsp3) is 0.609. The number of hydrogen-bond acceptors (Lipinski definition) is 3. The maximum atomic E-state index is 12.9. The van der Waals surface area contributed by atoms with E-state index in [1.54, 1.807) is 11.0 Å². The number of fused-ring (bicyclic) bond motifs is 1. The lowest BCUT2D eigenvalue weighted by Crippen LogP contribution is -2.47. The highest BCUT2D eigenvalue weighted by Crippen LogP contribution is 2.46. The van der Waals surface area contributed by atoms with Crippen LogP contribution in [0.5, 0.6) is 0 Å². The average Bonchev–Trinajstić information content (AvgIpc) is 2.92. The zero-order valence-corrected chi connectivity index (χ0v) is 19.6. The molecule has 30 heavy (non-hydrogen) atoms. The summed E-state index contributed by atoms with van der Waals surface area (Å²) in [4.78, 5) is 17.8. The average molecular weight is 430 g/mol. The Morgan fingerprint density at radius 2 is 1.83 bits per heavy atom. The van der Waals surface area contributed by atoms with Gasteiger partial charge >= 0.3 is 6.09 Å². The van der Waals surface area contributed by atoms with Crippen LogP contribution in [0.25, 0.3) is 4.85 Å². The van der Waals surface area contributed by atoms with Gasteiger partial charge in [-0.05, 0) is 71.9 Å². The second kappa shape index (κ2) is 7.81. The van der Waals surface area contributed by atoms with Gasteiger partial charge in [0.25, 0.3) is 0 Å². The van der Waals surface area contributed by atoms with Gasteiger partial charge in [0.2, 0.25) is 0 Å². The molecule has 0 saturated carbocycles. The van der Waals surface area contributed by atoms with Crippen LogP contribution in [-0.2, 0) is 22.1 Å². The number of piperidine rings is 1. The van der Waals surface area contributed by atoms with Crippen molar-refractivity contribution in [3.8, 4) is 0 Å². The summed E-state index contributed by atoms with van der Waals surface area (Å²) in [6.45, 7) is 19.8. The van der Waals surface area contributed by atoms with E-state index in [0.29, 0.717) is 18.8 Å². The number of ether oxygens (including phenoxy) is 1. The standard InChI is InChI=1S/C23H31N3O3S/c1-21(2,3)29-20(27)26-12-10-23(11-13-26)15-16-14-17(24-7)8-9-18(16)19(23)25-30(28)22(4,5)6/h8-9,14H,10-13,15H2,1-6H3/b25-19+/t30-/m1/s1. The summed E-state index contributed by atoms with van der Waals surface area (Å²) in [7, 11) is -1.38. The number of nitrogens with zero attached hydrogens (tertiary/aromatic N) is 3. The molecule has 1 saturated heterocycles. The van der Waals surface area contributed by atoms with Gasteiger partial charge in [0.1, 0.15) is 16.6 Å². The van der Waals surface area contributed by atoms with Gasteiger partial charge in [0, 0.05) is 18.5 Å². The van der Waals surface area contributed by atoms with E-state index in [1.807, 2.05) is 53.7 Å². The largest absolute Gasteiger partial charge is 0.444 e. The van der Waals surface area contributed by atoms with Gasteiger partial charge in [-0.1, -0.05) is 18.2 Å². The van der Waals surface area contributed by atoms with Crippen molar-refractivity contribution in [2.45, 2.75) is 71.2 Å². The van der Waals surface area contributed by atoms with E-state index in [2.05, 4.69) is 4.85 Å². The maximum absolute atomic E-state index is 12.9. The van der Waals surface area contributed by atoms with Crippen LogP contribution in [0, 0.1) is 12.0 Å². The Morgan fingerprint density at radius 1 is 1.20 bits per heavy atom. The predicted molar refractivity (Wildman–Crippen MR) is 120 cm³/mol. The highest BCUT2D eigenvalue weighted by atomic mass is 32.2. The van der Waals surface area contributed by atoms with Crippen LogP contribution in [0.4, 0.5) is 10.5 Å². The number of likely N-dealkylation sites (tertiary alicyclic amines) is 1. The van der Waals surface area contributed by atoms with Crippen molar-refractivity contribution in [2.24, 2.45) is 9.81 Å². The molecule has 6 nitrogen and oxygen atoms in total. The van der Waals surface area contributed by atoms with Gasteiger partial charge in [-0.2, -0.15) is 4.40 Å². The van der Waals surface area contributed by atoms with E-state index in [0.717, 1.165) is 36.1 Å². The first kappa shape index (κ1) is 22.5. The molecule has 1 aromatic carbocycles. The molecule has 1 atom stereocenters. The zero-order chi connectivity index (χ0) is 22.3. The molecular formula is C23H31N3O3S. The molecule has 1 amide bonds. The highest BCUT2D eigenvalue weighted by Gasteiger charge is 2.47. The SMILES string of the molecule is [C-]#[N+]c1ccc2c(c1)CC1(CCN(C(=O)OC(C)(C)C)CC1)/C2=N/[S@](=O)C(C)(C)C. The molecule has 0 radical (unpaired) electrons. The fourth-order valence-corrected chi connectivity index (χ4v) is 4.72. The topological polar surface area (TPSA) is 63.3 Å². The van der Waals surface area contributed by atoms with Crippen molar-refractivity contribution in [2.75, 3.05) is 13.1 Å². The molecule has 0 N–H and O–H groups in total. The van der Waals surface area contributed by atoms with Crippen molar-refractivity contribution >= 4 is 28.5 Å². The van der Waals surface area contributed by atoms with Crippen LogP contribution in [0.3, 0.4) is 0 Å². The second-order valence-corrected chi connectivity index (χ2v) is 12.1. The molecule has 0 bridgehead atoms. The minimum absolute atomic E-state index is 0.262. The first-order chi connectivity index (χ1) is 13.8. The Morgan fingerprint density at radius 3 is 2.37 bits per heavy atom. The molecule has 7 heteroatoms. The van der Waals surface area contributed by atoms with Crippen molar-refractivity contribution in [1.82, 2.24) is 4.90 Å². The Hall–Kier alpha value is -2.20. The summed E-state index contributed by atoms with van der Waals surface area (Å²) in [6, 6.07) is 5.67. The minimum Gasteiger partial charge on any atom is -0.444 e. The molecule has 162 valence electrons. The molecule has 1 aliphatic heterocycles. The van der Waals surface area contributed by atoms with E-state index in [9.17, 15) is 9.00 Å². The monoisotopic (exact) mass is 429 g/mol. The third-order valence-corrected chi connectivity index (χ3v) is 6.97. The summed E-state index contributed by atoms with van der Waals surface area (Å²) in [6.07, 6.45) is 1.93. The summed E-state index contributed by atoms with van der Waals surface area (Å²) < 4.78 is 22.7. The lowest BCUT2D eigenvalue weighted by Gasteiger charge is -2.40. The Kier molecular flexibility index (Phi) is 5.85. The molecule has 3 rings (SSSR count). The molecule has 0 unspecified atom stereocenters. The zero-order valence-electron chi connectivity index (χ0n) is 18.7. The third-order valence-electron chi connectivity index (χ3n) is 5.57. The van der Waals surface area contributed by atoms with Crippen molar-refractivity contribution < 1.29 is 13.7 Å². The number of hydrogen-bond donors (Lipinski definition) is 0. The van der Waals surface area contributed by atoms with E-state index >= 15 is 0 Å². The van der Waals surface area contributed by atoms with Gasteiger partial charge in [0.05, 0.1) is 17.0 Å². The molecular weight excluding hydrogens is 398 g/mol. The molecule has 1 heterocycles. The third kappa shape index (κ3) is 4.59. The highest BCUT2D eigenvalue weighted by molar-refractivity contribution is 7.85. The van der Waals surface area contributed by atoms with E-state index in [1.165, 1.54) is 0 Å². The number of benzene rings is 1. The maximum Gasteiger partial charge on any atom is 0.410 e. The lowest BCUT2D eigenvalue weighted by atomic mass is 9.74. The smallest absolute Gasteiger partial charge is 0.410 e. The molecule has 2 aliphatic rings. The lowest BCUT2D eigenvalue weighted by molar-refractivity contribution is 0.0159. The number of carbonyl (C=O) groups is 1. The predicted octanol–water partition coefficient (Wildman–Crippen LogP) is 5.06. The van der Waals surface area contributed by atoms with Gasteiger partial charge < -0.3 is 9.64 Å². The Labute approximate surface area is 182 Å². The summed E-state index contributed by atoms with van der Waals surface area (Å²) >= 11 is 0. The fourth-order valence-electron chi connectivity index (χ4n) is 3.98. The van der Waals surface area contributed by atoms with Crippen LogP contribution >= 0.6 is 0 Å². The Bertz CT molecular complexity index is 940. The van der Waals surface area contributed by atoms with Crippen molar-refractivity contribution in [3.63, 3.8) is 0 Å². The number of amides is 1. The van der Waals surface area contributed by atoms with E-state index < -0.39 is 21.3 Å². The Balaban J connectivity index is 1.92. The van der Waals surface area contributed by atoms with Crippen LogP contribution in [0.1, 0.15) is 65.5 Å². The van der Waals surface area contributed by atoms with Crippen LogP contribution in [-0.4, -0.2) is 44.4 Å². The van der Waals surface area contributed by atoms with Crippen LogP contribution < -0.4 is 0 Å². The first-order valence-corrected chi connectivity index (χ1v) is 11.5. The second-order valence-electron chi connectivity index (χ2n) is 10.2. The number of rotatable bonds is 1.